The minimum Gasteiger partial charge on any atom is -0.392 e. The van der Waals surface area contributed by atoms with Crippen molar-refractivity contribution in [2.24, 2.45) is 0 Å². The molecule has 0 aromatic rings. The Morgan fingerprint density at radius 2 is 1.67 bits per heavy atom. The summed E-state index contributed by atoms with van der Waals surface area (Å²) in [5.41, 5.74) is 0. The van der Waals surface area contributed by atoms with Crippen LogP contribution in [0.5, 0.6) is 0 Å². The van der Waals surface area contributed by atoms with Crippen LogP contribution in [-0.4, -0.2) is 29.4 Å². The first kappa shape index (κ1) is 12.2. The predicted molar refractivity (Wildman–Crippen MR) is 47.1 cm³/mol. The van der Waals surface area contributed by atoms with Crippen molar-refractivity contribution < 1.29 is 18.1 Å². The van der Waals surface area contributed by atoms with Gasteiger partial charge in [0.2, 0.25) is 0 Å². The van der Waals surface area contributed by atoms with E-state index in [4.69, 9.17) is 9.66 Å². The Balaban J connectivity index is 0.00000121. The summed E-state index contributed by atoms with van der Waals surface area (Å²) in [5, 5.41) is 8.22. The van der Waals surface area contributed by atoms with Crippen LogP contribution in [0.3, 0.4) is 0 Å². The number of aliphatic hydroxyl groups excluding tert-OH is 1. The zero-order valence-electron chi connectivity index (χ0n) is 6.51. The maximum absolute atomic E-state index is 10.6. The number of hydrogen-bond donors (Lipinski definition) is 2. The highest BCUT2D eigenvalue weighted by atomic mass is 35.5. The molecule has 1 fully saturated rings. The second kappa shape index (κ2) is 4.41. The predicted octanol–water partition coefficient (Wildman–Crippen LogP) is 0.599. The van der Waals surface area contributed by atoms with Gasteiger partial charge >= 0.3 is 0 Å². The van der Waals surface area contributed by atoms with E-state index in [-0.39, 0.29) is 12.4 Å². The summed E-state index contributed by atoms with van der Waals surface area (Å²) in [6.45, 7) is 0. The normalized spacial score (nSPS) is 30.8. The molecule has 0 aliphatic heterocycles. The third kappa shape index (κ3) is 2.90. The van der Waals surface area contributed by atoms with E-state index in [0.29, 0.717) is 12.8 Å². The van der Waals surface area contributed by atoms with Crippen LogP contribution in [-0.2, 0) is 10.1 Å². The highest BCUT2D eigenvalue weighted by Crippen LogP contribution is 2.23. The first-order chi connectivity index (χ1) is 5.02. The van der Waals surface area contributed by atoms with Gasteiger partial charge in [0.1, 0.15) is 5.25 Å². The molecular formula is C6H13ClO4S. The summed E-state index contributed by atoms with van der Waals surface area (Å²) in [7, 11) is -4.03. The fourth-order valence-electron chi connectivity index (χ4n) is 1.42. The number of rotatable bonds is 1. The average Bonchev–Trinajstić information content (AvgIpc) is 1.86. The monoisotopic (exact) mass is 216 g/mol. The summed E-state index contributed by atoms with van der Waals surface area (Å²) in [5.74, 6) is 0. The van der Waals surface area contributed by atoms with Crippen LogP contribution in [0.4, 0.5) is 0 Å². The summed E-state index contributed by atoms with van der Waals surface area (Å²) in [6.07, 6.45) is 1.58. The molecule has 0 amide bonds. The van der Waals surface area contributed by atoms with Crippen LogP contribution in [0.25, 0.3) is 0 Å². The van der Waals surface area contributed by atoms with E-state index in [1.165, 1.54) is 0 Å². The number of aliphatic hydroxyl groups is 1. The topological polar surface area (TPSA) is 74.6 Å². The van der Waals surface area contributed by atoms with Gasteiger partial charge in [-0.25, -0.2) is 0 Å². The molecule has 2 atom stereocenters. The zero-order chi connectivity index (χ0) is 8.48. The second-order valence-corrected chi connectivity index (χ2v) is 4.54. The molecule has 74 valence electrons. The van der Waals surface area contributed by atoms with Crippen LogP contribution in [0.15, 0.2) is 0 Å². The fraction of sp³-hybridized carbons (Fsp3) is 1.00. The fourth-order valence-corrected chi connectivity index (χ4v) is 2.42. The summed E-state index contributed by atoms with van der Waals surface area (Å²) < 4.78 is 29.8. The van der Waals surface area contributed by atoms with Gasteiger partial charge < -0.3 is 5.11 Å². The molecule has 2 N–H and O–H groups in total. The molecule has 0 bridgehead atoms. The smallest absolute Gasteiger partial charge is 0.270 e. The minimum absolute atomic E-state index is 0. The van der Waals surface area contributed by atoms with E-state index in [1.807, 2.05) is 0 Å². The lowest BCUT2D eigenvalue weighted by molar-refractivity contribution is 0.130. The molecule has 1 aliphatic carbocycles. The minimum atomic E-state index is -4.03. The van der Waals surface area contributed by atoms with Gasteiger partial charge in [-0.2, -0.15) is 8.42 Å². The standard InChI is InChI=1S/C6H12O4S.ClH/c7-5-3-1-2-4-6(5)11(8,9)10;/h5-7H,1-4H2,(H,8,9,10);1H. The first-order valence-electron chi connectivity index (χ1n) is 3.66. The largest absolute Gasteiger partial charge is 0.392 e. The molecule has 0 aromatic heterocycles. The lowest BCUT2D eigenvalue weighted by Gasteiger charge is -2.24. The Morgan fingerprint density at radius 3 is 2.00 bits per heavy atom. The number of halogens is 1. The molecule has 0 spiro atoms. The molecule has 0 heterocycles. The van der Waals surface area contributed by atoms with Gasteiger partial charge in [0.05, 0.1) is 6.10 Å². The third-order valence-electron chi connectivity index (χ3n) is 2.05. The SMILES string of the molecule is Cl.O=S(=O)(O)C1CCCCC1O. The van der Waals surface area contributed by atoms with Crippen molar-refractivity contribution in [3.05, 3.63) is 0 Å². The molecular weight excluding hydrogens is 204 g/mol. The molecule has 1 saturated carbocycles. The van der Waals surface area contributed by atoms with E-state index < -0.39 is 21.5 Å². The second-order valence-electron chi connectivity index (χ2n) is 2.91. The van der Waals surface area contributed by atoms with Gasteiger partial charge in [-0.3, -0.25) is 4.55 Å². The van der Waals surface area contributed by atoms with Crippen LogP contribution in [0.2, 0.25) is 0 Å². The van der Waals surface area contributed by atoms with Crippen molar-refractivity contribution in [1.82, 2.24) is 0 Å². The van der Waals surface area contributed by atoms with E-state index in [0.717, 1.165) is 12.8 Å². The first-order valence-corrected chi connectivity index (χ1v) is 5.16. The van der Waals surface area contributed by atoms with Crippen molar-refractivity contribution in [3.63, 3.8) is 0 Å². The molecule has 12 heavy (non-hydrogen) atoms. The van der Waals surface area contributed by atoms with Gasteiger partial charge in [0.25, 0.3) is 10.1 Å². The quantitative estimate of drug-likeness (QED) is 0.630. The highest BCUT2D eigenvalue weighted by Gasteiger charge is 2.32. The van der Waals surface area contributed by atoms with Crippen molar-refractivity contribution in [3.8, 4) is 0 Å². The van der Waals surface area contributed by atoms with E-state index >= 15 is 0 Å². The van der Waals surface area contributed by atoms with Crippen LogP contribution in [0.1, 0.15) is 25.7 Å². The van der Waals surface area contributed by atoms with E-state index in [2.05, 4.69) is 0 Å². The van der Waals surface area contributed by atoms with Crippen molar-refractivity contribution in [2.75, 3.05) is 0 Å². The lowest BCUT2D eigenvalue weighted by atomic mass is 9.97. The Bertz CT molecular complexity index is 226. The van der Waals surface area contributed by atoms with Crippen molar-refractivity contribution >= 4 is 22.5 Å². The molecule has 6 heteroatoms. The Hall–Kier alpha value is 0.160. The van der Waals surface area contributed by atoms with Crippen LogP contribution >= 0.6 is 12.4 Å². The van der Waals surface area contributed by atoms with Crippen LogP contribution < -0.4 is 0 Å². The molecule has 0 aromatic carbocycles. The molecule has 1 aliphatic rings. The highest BCUT2D eigenvalue weighted by molar-refractivity contribution is 7.86. The van der Waals surface area contributed by atoms with Gasteiger partial charge in [0.15, 0.2) is 0 Å². The van der Waals surface area contributed by atoms with Crippen LogP contribution in [0, 0.1) is 0 Å². The maximum atomic E-state index is 10.6. The molecule has 4 nitrogen and oxygen atoms in total. The maximum Gasteiger partial charge on any atom is 0.270 e. The summed E-state index contributed by atoms with van der Waals surface area (Å²) in [6, 6.07) is 0. The van der Waals surface area contributed by atoms with Gasteiger partial charge in [-0.1, -0.05) is 12.8 Å². The Labute approximate surface area is 78.1 Å². The van der Waals surface area contributed by atoms with Gasteiger partial charge in [0, 0.05) is 0 Å². The van der Waals surface area contributed by atoms with Crippen molar-refractivity contribution in [1.29, 1.82) is 0 Å². The van der Waals surface area contributed by atoms with E-state index in [1.54, 1.807) is 0 Å². The Morgan fingerprint density at radius 1 is 1.17 bits per heavy atom. The third-order valence-corrected chi connectivity index (χ3v) is 3.37. The molecule has 0 radical (unpaired) electrons. The average molecular weight is 217 g/mol. The summed E-state index contributed by atoms with van der Waals surface area (Å²) >= 11 is 0. The molecule has 2 unspecified atom stereocenters. The lowest BCUT2D eigenvalue weighted by Crippen LogP contribution is -2.36. The van der Waals surface area contributed by atoms with E-state index in [9.17, 15) is 8.42 Å². The van der Waals surface area contributed by atoms with Crippen molar-refractivity contribution in [2.45, 2.75) is 37.0 Å². The molecule has 0 saturated heterocycles. The van der Waals surface area contributed by atoms with Gasteiger partial charge in [-0.15, -0.1) is 12.4 Å². The number of hydrogen-bond acceptors (Lipinski definition) is 3. The Kier molecular flexibility index (Phi) is 4.47. The van der Waals surface area contributed by atoms with Gasteiger partial charge in [-0.05, 0) is 12.8 Å². The molecule has 1 rings (SSSR count). The summed E-state index contributed by atoms with van der Waals surface area (Å²) in [4.78, 5) is 0. The zero-order valence-corrected chi connectivity index (χ0v) is 8.14.